The first kappa shape index (κ1) is 15.9. The van der Waals surface area contributed by atoms with E-state index in [-0.39, 0.29) is 6.10 Å². The predicted octanol–water partition coefficient (Wildman–Crippen LogP) is 4.26. The van der Waals surface area contributed by atoms with E-state index in [9.17, 15) is 0 Å². The van der Waals surface area contributed by atoms with Crippen LogP contribution in [0.15, 0.2) is 18.2 Å². The van der Waals surface area contributed by atoms with Gasteiger partial charge in [0.25, 0.3) is 0 Å². The molecule has 0 atom stereocenters. The lowest BCUT2D eigenvalue weighted by molar-refractivity contribution is 0.243. The fourth-order valence-electron chi connectivity index (χ4n) is 2.86. The van der Waals surface area contributed by atoms with Gasteiger partial charge in [0.05, 0.1) is 6.10 Å². The Morgan fingerprint density at radius 2 is 2.00 bits per heavy atom. The molecule has 0 unspecified atom stereocenters. The average molecular weight is 288 g/mol. The number of aromatic nitrogens is 1. The Hall–Kier alpha value is -1.48. The summed E-state index contributed by atoms with van der Waals surface area (Å²) in [7, 11) is 0. The number of hydrogen-bond donors (Lipinski definition) is 1. The molecule has 0 amide bonds. The number of hydrogen-bond acceptors (Lipinski definition) is 2. The highest BCUT2D eigenvalue weighted by Crippen LogP contribution is 2.30. The third-order valence-corrected chi connectivity index (χ3v) is 3.80. The number of rotatable bonds is 7. The van der Waals surface area contributed by atoms with Crippen molar-refractivity contribution in [2.24, 2.45) is 0 Å². The topological polar surface area (TPSA) is 26.2 Å². The van der Waals surface area contributed by atoms with Crippen LogP contribution in [0, 0.1) is 6.92 Å². The van der Waals surface area contributed by atoms with Gasteiger partial charge in [-0.05, 0) is 57.5 Å². The maximum absolute atomic E-state index is 5.86. The molecule has 0 fully saturated rings. The van der Waals surface area contributed by atoms with E-state index in [1.165, 1.54) is 22.2 Å². The lowest BCUT2D eigenvalue weighted by Gasteiger charge is -2.10. The minimum absolute atomic E-state index is 0.207. The summed E-state index contributed by atoms with van der Waals surface area (Å²) in [5.74, 6) is 0.962. The zero-order valence-corrected chi connectivity index (χ0v) is 14.0. The molecular formula is C18H28N2O. The van der Waals surface area contributed by atoms with Gasteiger partial charge in [0.2, 0.25) is 0 Å². The van der Waals surface area contributed by atoms with Crippen LogP contribution in [0.1, 0.15) is 45.4 Å². The van der Waals surface area contributed by atoms with Crippen molar-refractivity contribution in [1.29, 1.82) is 0 Å². The molecule has 0 spiro atoms. The highest BCUT2D eigenvalue weighted by molar-refractivity contribution is 5.87. The van der Waals surface area contributed by atoms with Crippen LogP contribution < -0.4 is 10.1 Å². The highest BCUT2D eigenvalue weighted by Gasteiger charge is 2.14. The van der Waals surface area contributed by atoms with Crippen LogP contribution in [0.3, 0.4) is 0 Å². The van der Waals surface area contributed by atoms with Gasteiger partial charge in [0.15, 0.2) is 0 Å². The van der Waals surface area contributed by atoms with E-state index in [2.05, 4.69) is 62.7 Å². The van der Waals surface area contributed by atoms with Crippen LogP contribution in [0.2, 0.25) is 0 Å². The molecule has 0 radical (unpaired) electrons. The molecule has 0 aliphatic heterocycles. The quantitative estimate of drug-likeness (QED) is 0.824. The third kappa shape index (κ3) is 3.41. The van der Waals surface area contributed by atoms with Crippen molar-refractivity contribution >= 4 is 10.9 Å². The molecule has 0 aliphatic carbocycles. The van der Waals surface area contributed by atoms with E-state index in [1.54, 1.807) is 0 Å². The van der Waals surface area contributed by atoms with Gasteiger partial charge in [0, 0.05) is 29.7 Å². The largest absolute Gasteiger partial charge is 0.491 e. The van der Waals surface area contributed by atoms with Crippen molar-refractivity contribution in [3.05, 3.63) is 29.5 Å². The second kappa shape index (κ2) is 6.99. The summed E-state index contributed by atoms with van der Waals surface area (Å²) in [6.07, 6.45) is 1.36. The Morgan fingerprint density at radius 3 is 2.62 bits per heavy atom. The summed E-state index contributed by atoms with van der Waals surface area (Å²) in [5.41, 5.74) is 4.09. The summed E-state index contributed by atoms with van der Waals surface area (Å²) in [4.78, 5) is 0. The summed E-state index contributed by atoms with van der Waals surface area (Å²) >= 11 is 0. The van der Waals surface area contributed by atoms with E-state index >= 15 is 0 Å². The van der Waals surface area contributed by atoms with Gasteiger partial charge in [-0.3, -0.25) is 0 Å². The Bertz CT molecular complexity index is 599. The van der Waals surface area contributed by atoms with Crippen molar-refractivity contribution in [2.45, 2.75) is 60.2 Å². The number of ether oxygens (including phenoxy) is 1. The van der Waals surface area contributed by atoms with Gasteiger partial charge in [-0.15, -0.1) is 0 Å². The zero-order valence-electron chi connectivity index (χ0n) is 14.0. The van der Waals surface area contributed by atoms with Gasteiger partial charge in [-0.25, -0.2) is 0 Å². The van der Waals surface area contributed by atoms with Gasteiger partial charge >= 0.3 is 0 Å². The maximum Gasteiger partial charge on any atom is 0.120 e. The van der Waals surface area contributed by atoms with Crippen LogP contribution in [0.5, 0.6) is 5.75 Å². The van der Waals surface area contributed by atoms with Crippen LogP contribution in [0.4, 0.5) is 0 Å². The summed E-state index contributed by atoms with van der Waals surface area (Å²) < 4.78 is 8.29. The van der Waals surface area contributed by atoms with Crippen LogP contribution in [-0.4, -0.2) is 17.2 Å². The number of nitrogens with one attached hydrogen (secondary N) is 1. The average Bonchev–Trinajstić information content (AvgIpc) is 2.69. The van der Waals surface area contributed by atoms with E-state index in [1.807, 2.05) is 0 Å². The number of aryl methyl sites for hydroxylation is 1. The molecule has 0 bridgehead atoms. The molecule has 2 aromatic rings. The molecule has 21 heavy (non-hydrogen) atoms. The molecule has 116 valence electrons. The number of nitrogens with zero attached hydrogens (tertiary/aromatic N) is 1. The Labute approximate surface area is 128 Å². The second-order valence-electron chi connectivity index (χ2n) is 5.84. The van der Waals surface area contributed by atoms with Crippen molar-refractivity contribution in [3.8, 4) is 5.75 Å². The van der Waals surface area contributed by atoms with E-state index in [4.69, 9.17) is 4.74 Å². The normalized spacial score (nSPS) is 11.5. The molecule has 0 aliphatic rings. The predicted molar refractivity (Wildman–Crippen MR) is 90.1 cm³/mol. The lowest BCUT2D eigenvalue weighted by Crippen LogP contribution is -2.12. The Kier molecular flexibility index (Phi) is 5.29. The van der Waals surface area contributed by atoms with Gasteiger partial charge in [-0.2, -0.15) is 0 Å². The van der Waals surface area contributed by atoms with Crippen molar-refractivity contribution in [3.63, 3.8) is 0 Å². The van der Waals surface area contributed by atoms with Crippen LogP contribution >= 0.6 is 0 Å². The van der Waals surface area contributed by atoms with Crippen LogP contribution in [-0.2, 0) is 13.1 Å². The number of benzene rings is 1. The highest BCUT2D eigenvalue weighted by atomic mass is 16.5. The van der Waals surface area contributed by atoms with E-state index < -0.39 is 0 Å². The Morgan fingerprint density at radius 1 is 1.24 bits per heavy atom. The zero-order chi connectivity index (χ0) is 15.4. The molecule has 1 aromatic heterocycles. The fraction of sp³-hybridized carbons (Fsp3) is 0.556. The fourth-order valence-corrected chi connectivity index (χ4v) is 2.86. The molecular weight excluding hydrogens is 260 g/mol. The van der Waals surface area contributed by atoms with E-state index in [0.29, 0.717) is 0 Å². The maximum atomic E-state index is 5.86. The van der Waals surface area contributed by atoms with E-state index in [0.717, 1.165) is 31.8 Å². The first-order chi connectivity index (χ1) is 10.1. The minimum atomic E-state index is 0.207. The lowest BCUT2D eigenvalue weighted by atomic mass is 10.1. The first-order valence-corrected chi connectivity index (χ1v) is 8.07. The molecule has 0 saturated carbocycles. The van der Waals surface area contributed by atoms with Crippen molar-refractivity contribution in [2.75, 3.05) is 6.54 Å². The van der Waals surface area contributed by atoms with Gasteiger partial charge in [-0.1, -0.05) is 13.8 Å². The van der Waals surface area contributed by atoms with Gasteiger partial charge in [0.1, 0.15) is 5.75 Å². The van der Waals surface area contributed by atoms with Crippen molar-refractivity contribution < 1.29 is 4.74 Å². The summed E-state index contributed by atoms with van der Waals surface area (Å²) in [5, 5.41) is 4.78. The molecule has 1 heterocycles. The van der Waals surface area contributed by atoms with Crippen molar-refractivity contribution in [1.82, 2.24) is 9.88 Å². The minimum Gasteiger partial charge on any atom is -0.491 e. The summed E-state index contributed by atoms with van der Waals surface area (Å²) in [6, 6.07) is 6.48. The third-order valence-electron chi connectivity index (χ3n) is 3.80. The first-order valence-electron chi connectivity index (χ1n) is 8.07. The molecule has 1 N–H and O–H groups in total. The monoisotopic (exact) mass is 288 g/mol. The molecule has 0 saturated heterocycles. The molecule has 1 aromatic carbocycles. The molecule has 3 heteroatoms. The van der Waals surface area contributed by atoms with Crippen LogP contribution in [0.25, 0.3) is 10.9 Å². The smallest absolute Gasteiger partial charge is 0.120 e. The second-order valence-corrected chi connectivity index (χ2v) is 5.84. The van der Waals surface area contributed by atoms with Gasteiger partial charge < -0.3 is 14.6 Å². The SMILES string of the molecule is CCCn1c(C)c(CNCC)c2cc(OC(C)C)ccc21. The Balaban J connectivity index is 2.52. The number of fused-ring (bicyclic) bond motifs is 1. The molecule has 3 nitrogen and oxygen atoms in total. The molecule has 2 rings (SSSR count). The standard InChI is InChI=1S/C18H28N2O/c1-6-10-20-14(5)17(12-19-7-2)16-11-15(21-13(3)4)8-9-18(16)20/h8-9,11,13,19H,6-7,10,12H2,1-5H3. The summed E-state index contributed by atoms with van der Waals surface area (Å²) in [6.45, 7) is 13.7.